The Hall–Kier alpha value is -3.21. The SMILES string of the molecule is Cc1cccc(C)c1NC(=O)c1ccc(N2C(=O)[C@@H]3[C@H](C2=O)[C@@H]2C=C[C@@H]3C2)cc1. The van der Waals surface area contributed by atoms with E-state index in [1.165, 1.54) is 4.90 Å². The van der Waals surface area contributed by atoms with Crippen LogP contribution in [0.1, 0.15) is 27.9 Å². The number of nitrogens with zero attached hydrogens (tertiary/aromatic N) is 1. The third kappa shape index (κ3) is 2.64. The molecular weight excluding hydrogens is 364 g/mol. The zero-order chi connectivity index (χ0) is 20.3. The van der Waals surface area contributed by atoms with Gasteiger partial charge < -0.3 is 5.32 Å². The van der Waals surface area contributed by atoms with Gasteiger partial charge in [-0.2, -0.15) is 0 Å². The van der Waals surface area contributed by atoms with Crippen LogP contribution in [0.4, 0.5) is 11.4 Å². The molecule has 1 N–H and O–H groups in total. The molecule has 2 aromatic carbocycles. The summed E-state index contributed by atoms with van der Waals surface area (Å²) in [4.78, 5) is 39.8. The smallest absolute Gasteiger partial charge is 0.255 e. The maximum atomic E-state index is 12.9. The molecule has 2 aliphatic carbocycles. The third-order valence-electron chi connectivity index (χ3n) is 6.58. The van der Waals surface area contributed by atoms with Gasteiger partial charge in [-0.3, -0.25) is 19.3 Å². The average molecular weight is 386 g/mol. The molecule has 3 aliphatic rings. The van der Waals surface area contributed by atoms with Crippen molar-refractivity contribution >= 4 is 29.1 Å². The van der Waals surface area contributed by atoms with Gasteiger partial charge >= 0.3 is 0 Å². The minimum atomic E-state index is -0.218. The highest BCUT2D eigenvalue weighted by Gasteiger charge is 2.59. The van der Waals surface area contributed by atoms with Crippen LogP contribution < -0.4 is 10.2 Å². The van der Waals surface area contributed by atoms with Crippen molar-refractivity contribution < 1.29 is 14.4 Å². The summed E-state index contributed by atoms with van der Waals surface area (Å²) in [6.45, 7) is 3.91. The fourth-order valence-electron chi connectivity index (χ4n) is 5.12. The van der Waals surface area contributed by atoms with E-state index in [0.29, 0.717) is 11.3 Å². The van der Waals surface area contributed by atoms with Crippen LogP contribution in [0.3, 0.4) is 0 Å². The largest absolute Gasteiger partial charge is 0.322 e. The number of allylic oxidation sites excluding steroid dienone is 2. The first-order chi connectivity index (χ1) is 14.0. The predicted molar refractivity (Wildman–Crippen MR) is 111 cm³/mol. The van der Waals surface area contributed by atoms with Gasteiger partial charge in [0.2, 0.25) is 11.8 Å². The van der Waals surface area contributed by atoms with Crippen molar-refractivity contribution in [3.63, 3.8) is 0 Å². The molecule has 0 radical (unpaired) electrons. The summed E-state index contributed by atoms with van der Waals surface area (Å²) in [7, 11) is 0. The lowest BCUT2D eigenvalue weighted by Crippen LogP contribution is -2.32. The Labute approximate surface area is 169 Å². The summed E-state index contributed by atoms with van der Waals surface area (Å²) in [5.41, 5.74) is 3.83. The highest BCUT2D eigenvalue weighted by molar-refractivity contribution is 6.23. The molecule has 2 bridgehead atoms. The number of rotatable bonds is 3. The van der Waals surface area contributed by atoms with Crippen LogP contribution in [-0.4, -0.2) is 17.7 Å². The molecule has 4 atom stereocenters. The number of fused-ring (bicyclic) bond motifs is 5. The number of carbonyl (C=O) groups is 3. The Morgan fingerprint density at radius 3 is 2.00 bits per heavy atom. The summed E-state index contributed by atoms with van der Waals surface area (Å²) < 4.78 is 0. The van der Waals surface area contributed by atoms with E-state index in [2.05, 4.69) is 17.5 Å². The van der Waals surface area contributed by atoms with E-state index in [-0.39, 0.29) is 41.4 Å². The molecule has 2 aromatic rings. The summed E-state index contributed by atoms with van der Waals surface area (Å²) in [5.74, 6) is -0.488. The average Bonchev–Trinajstić information content (AvgIpc) is 3.39. The van der Waals surface area contributed by atoms with Crippen LogP contribution >= 0.6 is 0 Å². The second kappa shape index (κ2) is 6.41. The summed E-state index contributed by atoms with van der Waals surface area (Å²) in [6, 6.07) is 12.6. The van der Waals surface area contributed by atoms with Crippen molar-refractivity contribution in [1.29, 1.82) is 0 Å². The number of aryl methyl sites for hydroxylation is 2. The standard InChI is InChI=1S/C24H22N2O3/c1-13-4-3-5-14(2)21(13)25-22(27)15-8-10-18(11-9-15)26-23(28)19-16-6-7-17(12-16)20(19)24(26)29/h3-11,16-17,19-20H,12H2,1-2H3,(H,25,27)/t16-,17-,19-,20+/m1/s1. The lowest BCUT2D eigenvalue weighted by Gasteiger charge is -2.17. The van der Waals surface area contributed by atoms with Gasteiger partial charge in [-0.25, -0.2) is 0 Å². The molecule has 2 fully saturated rings. The lowest BCUT2D eigenvalue weighted by molar-refractivity contribution is -0.123. The first-order valence-corrected chi connectivity index (χ1v) is 9.99. The Morgan fingerprint density at radius 1 is 0.897 bits per heavy atom. The number of anilines is 2. The van der Waals surface area contributed by atoms with Crippen LogP contribution in [0.25, 0.3) is 0 Å². The molecule has 1 saturated heterocycles. The van der Waals surface area contributed by atoms with Crippen LogP contribution in [-0.2, 0) is 9.59 Å². The molecule has 0 spiro atoms. The second-order valence-corrected chi connectivity index (χ2v) is 8.28. The molecule has 29 heavy (non-hydrogen) atoms. The van der Waals surface area contributed by atoms with E-state index in [9.17, 15) is 14.4 Å². The highest BCUT2D eigenvalue weighted by atomic mass is 16.2. The molecule has 5 rings (SSSR count). The zero-order valence-electron chi connectivity index (χ0n) is 16.4. The van der Waals surface area contributed by atoms with E-state index < -0.39 is 0 Å². The molecule has 0 aromatic heterocycles. The van der Waals surface area contributed by atoms with Gasteiger partial charge in [-0.05, 0) is 67.5 Å². The van der Waals surface area contributed by atoms with E-state index in [0.717, 1.165) is 23.2 Å². The number of carbonyl (C=O) groups excluding carboxylic acids is 3. The molecule has 1 heterocycles. The zero-order valence-corrected chi connectivity index (χ0v) is 16.4. The first-order valence-electron chi connectivity index (χ1n) is 9.99. The molecule has 0 unspecified atom stereocenters. The Bertz CT molecular complexity index is 1020. The quantitative estimate of drug-likeness (QED) is 0.643. The summed E-state index contributed by atoms with van der Waals surface area (Å²) in [6.07, 6.45) is 5.08. The summed E-state index contributed by atoms with van der Waals surface area (Å²) >= 11 is 0. The molecule has 1 aliphatic heterocycles. The minimum Gasteiger partial charge on any atom is -0.322 e. The fraction of sp³-hybridized carbons (Fsp3) is 0.292. The predicted octanol–water partition coefficient (Wildman–Crippen LogP) is 3.87. The maximum absolute atomic E-state index is 12.9. The van der Waals surface area contributed by atoms with E-state index >= 15 is 0 Å². The van der Waals surface area contributed by atoms with E-state index in [1.807, 2.05) is 32.0 Å². The minimum absolute atomic E-state index is 0.107. The monoisotopic (exact) mass is 386 g/mol. The molecule has 3 amide bonds. The van der Waals surface area contributed by atoms with Crippen molar-refractivity contribution in [3.05, 3.63) is 71.3 Å². The topological polar surface area (TPSA) is 66.5 Å². The molecule has 5 nitrogen and oxygen atoms in total. The Balaban J connectivity index is 1.36. The third-order valence-corrected chi connectivity index (χ3v) is 6.58. The molecule has 5 heteroatoms. The highest BCUT2D eigenvalue weighted by Crippen LogP contribution is 2.53. The fourth-order valence-corrected chi connectivity index (χ4v) is 5.12. The van der Waals surface area contributed by atoms with Crippen molar-refractivity contribution in [3.8, 4) is 0 Å². The normalized spacial score (nSPS) is 26.9. The number of imide groups is 1. The van der Waals surface area contributed by atoms with E-state index in [1.54, 1.807) is 24.3 Å². The Kier molecular flexibility index (Phi) is 3.95. The van der Waals surface area contributed by atoms with Gasteiger partial charge in [0.05, 0.1) is 17.5 Å². The van der Waals surface area contributed by atoms with Gasteiger partial charge in [0.25, 0.3) is 5.91 Å². The maximum Gasteiger partial charge on any atom is 0.255 e. The number of nitrogens with one attached hydrogen (secondary N) is 1. The van der Waals surface area contributed by atoms with Crippen LogP contribution in [0.5, 0.6) is 0 Å². The van der Waals surface area contributed by atoms with Crippen molar-refractivity contribution in [2.24, 2.45) is 23.7 Å². The van der Waals surface area contributed by atoms with Crippen molar-refractivity contribution in [2.75, 3.05) is 10.2 Å². The van der Waals surface area contributed by atoms with Crippen molar-refractivity contribution in [2.45, 2.75) is 20.3 Å². The summed E-state index contributed by atoms with van der Waals surface area (Å²) in [5, 5.41) is 2.96. The molecule has 1 saturated carbocycles. The number of hydrogen-bond donors (Lipinski definition) is 1. The van der Waals surface area contributed by atoms with Gasteiger partial charge in [-0.1, -0.05) is 30.4 Å². The second-order valence-electron chi connectivity index (χ2n) is 8.28. The van der Waals surface area contributed by atoms with Crippen molar-refractivity contribution in [1.82, 2.24) is 0 Å². The van der Waals surface area contributed by atoms with Crippen LogP contribution in [0, 0.1) is 37.5 Å². The number of para-hydroxylation sites is 1. The number of benzene rings is 2. The van der Waals surface area contributed by atoms with Gasteiger partial charge in [0, 0.05) is 11.3 Å². The lowest BCUT2D eigenvalue weighted by atomic mass is 9.85. The van der Waals surface area contributed by atoms with E-state index in [4.69, 9.17) is 0 Å². The van der Waals surface area contributed by atoms with Gasteiger partial charge in [0.15, 0.2) is 0 Å². The van der Waals surface area contributed by atoms with Crippen LogP contribution in [0.2, 0.25) is 0 Å². The van der Waals surface area contributed by atoms with Crippen LogP contribution in [0.15, 0.2) is 54.6 Å². The van der Waals surface area contributed by atoms with Gasteiger partial charge in [0.1, 0.15) is 0 Å². The molecular formula is C24H22N2O3. The van der Waals surface area contributed by atoms with Gasteiger partial charge in [-0.15, -0.1) is 0 Å². The first kappa shape index (κ1) is 17.9. The molecule has 146 valence electrons. The Morgan fingerprint density at radius 2 is 1.45 bits per heavy atom. The number of hydrogen-bond acceptors (Lipinski definition) is 3. The number of amides is 3.